The lowest BCUT2D eigenvalue weighted by Gasteiger charge is -2.04. The first-order valence-electron chi connectivity index (χ1n) is 5.59. The zero-order chi connectivity index (χ0) is 12.1. The molecule has 1 aromatic heterocycles. The number of aromatic amines is 1. The summed E-state index contributed by atoms with van der Waals surface area (Å²) in [7, 11) is 0. The smallest absolute Gasteiger partial charge is 0.0936 e. The number of hydrogen-bond acceptors (Lipinski definition) is 3. The Morgan fingerprint density at radius 1 is 1.29 bits per heavy atom. The van der Waals surface area contributed by atoms with Gasteiger partial charge in [-0.25, -0.2) is 4.98 Å². The number of thioether (sulfide) groups is 1. The lowest BCUT2D eigenvalue weighted by Crippen LogP contribution is -1.94. The predicted molar refractivity (Wildman–Crippen MR) is 71.1 cm³/mol. The number of nitrogens with one attached hydrogen (secondary N) is 1. The Kier molecular flexibility index (Phi) is 4.23. The van der Waals surface area contributed by atoms with E-state index >= 15 is 0 Å². The Balaban J connectivity index is 2.23. The molecular formula is C13H16N2OS. The number of aromatic nitrogens is 2. The summed E-state index contributed by atoms with van der Waals surface area (Å²) >= 11 is 1.74. The first kappa shape index (κ1) is 12.2. The van der Waals surface area contributed by atoms with Gasteiger partial charge in [0.05, 0.1) is 24.3 Å². The van der Waals surface area contributed by atoms with Crippen molar-refractivity contribution in [1.29, 1.82) is 0 Å². The molecule has 0 amide bonds. The second-order valence-electron chi connectivity index (χ2n) is 3.60. The van der Waals surface area contributed by atoms with E-state index in [1.54, 1.807) is 18.1 Å². The van der Waals surface area contributed by atoms with Crippen LogP contribution >= 0.6 is 11.8 Å². The van der Waals surface area contributed by atoms with Crippen LogP contribution in [0.2, 0.25) is 0 Å². The zero-order valence-corrected chi connectivity index (χ0v) is 10.9. The van der Waals surface area contributed by atoms with Gasteiger partial charge in [-0.15, -0.1) is 11.8 Å². The van der Waals surface area contributed by atoms with Crippen LogP contribution in [-0.2, 0) is 11.3 Å². The molecule has 1 N–H and O–H groups in total. The Morgan fingerprint density at radius 3 is 2.71 bits per heavy atom. The summed E-state index contributed by atoms with van der Waals surface area (Å²) in [6.07, 6.45) is 3.79. The van der Waals surface area contributed by atoms with Crippen molar-refractivity contribution in [1.82, 2.24) is 9.97 Å². The third-order valence-electron chi connectivity index (χ3n) is 2.53. The molecule has 0 saturated carbocycles. The largest absolute Gasteiger partial charge is 0.375 e. The van der Waals surface area contributed by atoms with Crippen LogP contribution in [0.5, 0.6) is 0 Å². The van der Waals surface area contributed by atoms with Gasteiger partial charge in [0.25, 0.3) is 0 Å². The summed E-state index contributed by atoms with van der Waals surface area (Å²) < 4.78 is 5.41. The van der Waals surface area contributed by atoms with Gasteiger partial charge >= 0.3 is 0 Å². The molecule has 0 aliphatic carbocycles. The van der Waals surface area contributed by atoms with Crippen molar-refractivity contribution in [3.05, 3.63) is 36.3 Å². The van der Waals surface area contributed by atoms with Crippen molar-refractivity contribution in [2.24, 2.45) is 0 Å². The highest BCUT2D eigenvalue weighted by Crippen LogP contribution is 2.24. The predicted octanol–water partition coefficient (Wildman–Crippen LogP) is 3.34. The average molecular weight is 248 g/mol. The van der Waals surface area contributed by atoms with E-state index in [0.29, 0.717) is 13.2 Å². The van der Waals surface area contributed by atoms with Gasteiger partial charge in [-0.3, -0.25) is 0 Å². The summed E-state index contributed by atoms with van der Waals surface area (Å²) in [5.41, 5.74) is 3.13. The van der Waals surface area contributed by atoms with Crippen molar-refractivity contribution in [3.63, 3.8) is 0 Å². The van der Waals surface area contributed by atoms with Crippen molar-refractivity contribution >= 4 is 11.8 Å². The van der Waals surface area contributed by atoms with Gasteiger partial charge in [0, 0.05) is 17.1 Å². The quantitative estimate of drug-likeness (QED) is 0.825. The molecule has 17 heavy (non-hydrogen) atoms. The fraction of sp³-hybridized carbons (Fsp3) is 0.308. The summed E-state index contributed by atoms with van der Waals surface area (Å²) in [6.45, 7) is 3.28. The fourth-order valence-corrected chi connectivity index (χ4v) is 2.04. The van der Waals surface area contributed by atoms with Gasteiger partial charge in [0.2, 0.25) is 0 Å². The molecule has 0 radical (unpaired) electrons. The van der Waals surface area contributed by atoms with Crippen molar-refractivity contribution in [2.45, 2.75) is 18.4 Å². The molecule has 1 aromatic carbocycles. The maximum absolute atomic E-state index is 5.41. The average Bonchev–Trinajstić information content (AvgIpc) is 2.84. The minimum Gasteiger partial charge on any atom is -0.375 e. The maximum atomic E-state index is 5.41. The zero-order valence-electron chi connectivity index (χ0n) is 10.1. The number of rotatable bonds is 5. The van der Waals surface area contributed by atoms with Crippen LogP contribution in [-0.4, -0.2) is 22.8 Å². The summed E-state index contributed by atoms with van der Waals surface area (Å²) in [4.78, 5) is 8.74. The number of ether oxygens (including phenoxy) is 1. The molecule has 4 heteroatoms. The first-order valence-corrected chi connectivity index (χ1v) is 6.82. The van der Waals surface area contributed by atoms with Gasteiger partial charge in [-0.2, -0.15) is 0 Å². The highest BCUT2D eigenvalue weighted by Gasteiger charge is 2.07. The van der Waals surface area contributed by atoms with E-state index in [4.69, 9.17) is 4.74 Å². The number of benzene rings is 1. The first-order chi connectivity index (χ1) is 8.35. The summed E-state index contributed by atoms with van der Waals surface area (Å²) in [5.74, 6) is 0. The molecule has 0 bridgehead atoms. The molecule has 2 rings (SSSR count). The second-order valence-corrected chi connectivity index (χ2v) is 4.47. The van der Waals surface area contributed by atoms with Crippen molar-refractivity contribution in [3.8, 4) is 11.3 Å². The third kappa shape index (κ3) is 2.90. The minimum absolute atomic E-state index is 0.579. The molecule has 2 aromatic rings. The molecular weight excluding hydrogens is 232 g/mol. The molecule has 1 heterocycles. The van der Waals surface area contributed by atoms with Crippen LogP contribution in [0.3, 0.4) is 0 Å². The third-order valence-corrected chi connectivity index (χ3v) is 3.28. The van der Waals surface area contributed by atoms with E-state index in [1.165, 1.54) is 4.90 Å². The van der Waals surface area contributed by atoms with Crippen LogP contribution < -0.4 is 0 Å². The van der Waals surface area contributed by atoms with E-state index < -0.39 is 0 Å². The molecule has 0 aliphatic rings. The molecule has 0 unspecified atom stereocenters. The Bertz CT molecular complexity index is 465. The lowest BCUT2D eigenvalue weighted by atomic mass is 10.1. The van der Waals surface area contributed by atoms with Crippen LogP contribution in [0.15, 0.2) is 35.5 Å². The Morgan fingerprint density at radius 2 is 2.06 bits per heavy atom. The normalized spacial score (nSPS) is 10.7. The van der Waals surface area contributed by atoms with Gasteiger partial charge in [0.1, 0.15) is 0 Å². The molecule has 0 fully saturated rings. The molecule has 0 aliphatic heterocycles. The van der Waals surface area contributed by atoms with Gasteiger partial charge < -0.3 is 9.72 Å². The van der Waals surface area contributed by atoms with Crippen LogP contribution in [0, 0.1) is 0 Å². The van der Waals surface area contributed by atoms with Crippen molar-refractivity contribution < 1.29 is 4.74 Å². The van der Waals surface area contributed by atoms with Crippen LogP contribution in [0.25, 0.3) is 11.3 Å². The topological polar surface area (TPSA) is 37.9 Å². The standard InChI is InChI=1S/C13H16N2OS/c1-3-16-8-12-13(15-9-14-12)10-4-6-11(17-2)7-5-10/h4-7,9H,3,8H2,1-2H3,(H,14,15). The highest BCUT2D eigenvalue weighted by molar-refractivity contribution is 7.98. The lowest BCUT2D eigenvalue weighted by molar-refractivity contribution is 0.132. The van der Waals surface area contributed by atoms with Gasteiger partial charge in [0.15, 0.2) is 0 Å². The van der Waals surface area contributed by atoms with Gasteiger partial charge in [-0.05, 0) is 25.3 Å². The molecule has 0 atom stereocenters. The van der Waals surface area contributed by atoms with E-state index in [-0.39, 0.29) is 0 Å². The SMILES string of the molecule is CCOCc1[nH]cnc1-c1ccc(SC)cc1. The van der Waals surface area contributed by atoms with Crippen molar-refractivity contribution in [2.75, 3.05) is 12.9 Å². The van der Waals surface area contributed by atoms with Crippen LogP contribution in [0.4, 0.5) is 0 Å². The van der Waals surface area contributed by atoms with E-state index in [9.17, 15) is 0 Å². The number of H-pyrrole nitrogens is 1. The van der Waals surface area contributed by atoms with E-state index in [1.807, 2.05) is 6.92 Å². The Labute approximate surface area is 106 Å². The highest BCUT2D eigenvalue weighted by atomic mass is 32.2. The minimum atomic E-state index is 0.579. The number of hydrogen-bond donors (Lipinski definition) is 1. The molecule has 90 valence electrons. The Hall–Kier alpha value is -1.26. The maximum Gasteiger partial charge on any atom is 0.0936 e. The molecule has 0 spiro atoms. The monoisotopic (exact) mass is 248 g/mol. The summed E-state index contributed by atoms with van der Waals surface area (Å²) in [6, 6.07) is 8.41. The van der Waals surface area contributed by atoms with E-state index in [2.05, 4.69) is 40.5 Å². The molecule has 3 nitrogen and oxygen atoms in total. The van der Waals surface area contributed by atoms with Crippen LogP contribution in [0.1, 0.15) is 12.6 Å². The van der Waals surface area contributed by atoms with Gasteiger partial charge in [-0.1, -0.05) is 12.1 Å². The van der Waals surface area contributed by atoms with E-state index in [0.717, 1.165) is 17.0 Å². The summed E-state index contributed by atoms with van der Waals surface area (Å²) in [5, 5.41) is 0. The number of nitrogens with zero attached hydrogens (tertiary/aromatic N) is 1. The molecule has 0 saturated heterocycles. The second kappa shape index (κ2) is 5.89. The number of imidazole rings is 1. The fourth-order valence-electron chi connectivity index (χ4n) is 1.63.